The van der Waals surface area contributed by atoms with Gasteiger partial charge in [-0.05, 0) is 19.8 Å². The third kappa shape index (κ3) is 3.57. The number of carbonyl (C=O) groups excluding carboxylic acids is 1. The second kappa shape index (κ2) is 8.39. The van der Waals surface area contributed by atoms with Crippen molar-refractivity contribution in [3.05, 3.63) is 40.3 Å². The molecule has 0 aliphatic carbocycles. The number of hydrogen-bond donors (Lipinski definition) is 1. The van der Waals surface area contributed by atoms with E-state index in [1.54, 1.807) is 31.0 Å². The first kappa shape index (κ1) is 19.8. The Morgan fingerprint density at radius 1 is 1.36 bits per heavy atom. The second-order valence-electron chi connectivity index (χ2n) is 6.53. The number of anilines is 1. The maximum atomic E-state index is 13.0. The predicted octanol–water partition coefficient (Wildman–Crippen LogP) is 2.75. The van der Waals surface area contributed by atoms with Crippen molar-refractivity contribution >= 4 is 22.8 Å². The molecule has 28 heavy (non-hydrogen) atoms. The minimum atomic E-state index is -0.424. The van der Waals surface area contributed by atoms with Crippen LogP contribution in [-0.4, -0.2) is 39.0 Å². The van der Waals surface area contributed by atoms with E-state index in [2.05, 4.69) is 29.2 Å². The highest BCUT2D eigenvalue weighted by Gasteiger charge is 2.24. The van der Waals surface area contributed by atoms with Gasteiger partial charge in [0.2, 0.25) is 5.71 Å². The van der Waals surface area contributed by atoms with Gasteiger partial charge in [0.05, 0.1) is 31.0 Å². The van der Waals surface area contributed by atoms with E-state index in [9.17, 15) is 9.59 Å². The number of aromatic nitrogens is 4. The first-order chi connectivity index (χ1) is 13.5. The number of hydrogen-bond acceptors (Lipinski definition) is 6. The zero-order valence-corrected chi connectivity index (χ0v) is 16.6. The molecule has 0 spiro atoms. The van der Waals surface area contributed by atoms with Crippen LogP contribution in [0.4, 0.5) is 5.82 Å². The van der Waals surface area contributed by atoms with E-state index in [1.165, 1.54) is 10.9 Å². The normalized spacial score (nSPS) is 11.5. The molecule has 0 aliphatic rings. The van der Waals surface area contributed by atoms with Crippen LogP contribution in [-0.2, 0) is 11.3 Å². The molecule has 0 atom stereocenters. The number of nitrogens with zero attached hydrogens (tertiary/aromatic N) is 4. The van der Waals surface area contributed by atoms with E-state index < -0.39 is 5.91 Å². The van der Waals surface area contributed by atoms with E-state index in [4.69, 9.17) is 9.15 Å². The van der Waals surface area contributed by atoms with Gasteiger partial charge in [0.1, 0.15) is 23.3 Å². The summed E-state index contributed by atoms with van der Waals surface area (Å²) in [5.74, 6) is 0.499. The van der Waals surface area contributed by atoms with Crippen LogP contribution in [0, 0.1) is 6.92 Å². The van der Waals surface area contributed by atoms with E-state index in [1.807, 2.05) is 0 Å². The first-order valence-corrected chi connectivity index (χ1v) is 9.34. The summed E-state index contributed by atoms with van der Waals surface area (Å²) in [5.41, 5.74) is 0.00364. The molecule has 0 aromatic carbocycles. The maximum Gasteiger partial charge on any atom is 0.265 e. The van der Waals surface area contributed by atoms with Crippen molar-refractivity contribution in [3.8, 4) is 0 Å². The van der Waals surface area contributed by atoms with Gasteiger partial charge in [-0.3, -0.25) is 14.2 Å². The van der Waals surface area contributed by atoms with Crippen LogP contribution < -0.4 is 10.9 Å². The molecule has 0 unspecified atom stereocenters. The molecule has 3 rings (SSSR count). The topological polar surface area (TPSA) is 104 Å². The molecule has 9 heteroatoms. The molecule has 150 valence electrons. The molecule has 3 heterocycles. The van der Waals surface area contributed by atoms with Crippen LogP contribution in [0.15, 0.2) is 27.8 Å². The predicted molar refractivity (Wildman–Crippen MR) is 105 cm³/mol. The Hall–Kier alpha value is -2.94. The van der Waals surface area contributed by atoms with Crippen molar-refractivity contribution in [2.24, 2.45) is 0 Å². The number of furan rings is 1. The fourth-order valence-electron chi connectivity index (χ4n) is 3.28. The molecule has 0 saturated carbocycles. The standard InChI is InChI=1S/C19H25N5O4/c1-5-13(6-2)24-14(7-8-21-24)22-17(25)15-12(3)28-18-16(15)19(26)23(11-20-18)9-10-27-4/h7-8,11,13H,5-6,9-10H2,1-4H3,(H,22,25). The summed E-state index contributed by atoms with van der Waals surface area (Å²) < 4.78 is 13.8. The highest BCUT2D eigenvalue weighted by Crippen LogP contribution is 2.24. The number of fused-ring (bicyclic) bond motifs is 1. The number of rotatable bonds is 8. The molecule has 0 aliphatic heterocycles. The Morgan fingerprint density at radius 2 is 2.11 bits per heavy atom. The smallest absolute Gasteiger partial charge is 0.265 e. The fraction of sp³-hybridized carbons (Fsp3) is 0.474. The summed E-state index contributed by atoms with van der Waals surface area (Å²) in [6, 6.07) is 1.92. The second-order valence-corrected chi connectivity index (χ2v) is 6.53. The van der Waals surface area contributed by atoms with Gasteiger partial charge in [-0.25, -0.2) is 9.67 Å². The van der Waals surface area contributed by atoms with Crippen molar-refractivity contribution in [3.63, 3.8) is 0 Å². The third-order valence-corrected chi connectivity index (χ3v) is 4.82. The summed E-state index contributed by atoms with van der Waals surface area (Å²) in [7, 11) is 1.56. The lowest BCUT2D eigenvalue weighted by Crippen LogP contribution is -2.25. The van der Waals surface area contributed by atoms with Crippen LogP contribution in [0.1, 0.15) is 48.8 Å². The van der Waals surface area contributed by atoms with Crippen LogP contribution in [0.25, 0.3) is 11.1 Å². The average molecular weight is 387 g/mol. The van der Waals surface area contributed by atoms with Gasteiger partial charge in [-0.2, -0.15) is 5.10 Å². The van der Waals surface area contributed by atoms with Crippen LogP contribution in [0.5, 0.6) is 0 Å². The molecule has 1 N–H and O–H groups in total. The molecule has 0 radical (unpaired) electrons. The van der Waals surface area contributed by atoms with Gasteiger partial charge in [0, 0.05) is 13.2 Å². The number of aryl methyl sites for hydroxylation is 1. The number of ether oxygens (including phenoxy) is 1. The highest BCUT2D eigenvalue weighted by atomic mass is 16.5. The Kier molecular flexibility index (Phi) is 5.93. The molecule has 0 saturated heterocycles. The van der Waals surface area contributed by atoms with E-state index in [0.717, 1.165) is 12.8 Å². The average Bonchev–Trinajstić information content (AvgIpc) is 3.26. The SMILES string of the molecule is CCC(CC)n1nccc1NC(=O)c1c(C)oc2ncn(CCOC)c(=O)c12. The fourth-order valence-corrected chi connectivity index (χ4v) is 3.28. The maximum absolute atomic E-state index is 13.0. The highest BCUT2D eigenvalue weighted by molar-refractivity contribution is 6.12. The molecule has 9 nitrogen and oxygen atoms in total. The van der Waals surface area contributed by atoms with Crippen molar-refractivity contribution in [2.75, 3.05) is 19.0 Å². The summed E-state index contributed by atoms with van der Waals surface area (Å²) in [6.45, 7) is 6.49. The largest absolute Gasteiger partial charge is 0.442 e. The minimum Gasteiger partial charge on any atom is -0.442 e. The quantitative estimate of drug-likeness (QED) is 0.637. The minimum absolute atomic E-state index is 0.148. The molecule has 3 aromatic heterocycles. The van der Waals surface area contributed by atoms with Crippen molar-refractivity contribution in [1.29, 1.82) is 0 Å². The van der Waals surface area contributed by atoms with Crippen molar-refractivity contribution in [1.82, 2.24) is 19.3 Å². The van der Waals surface area contributed by atoms with Gasteiger partial charge < -0.3 is 14.5 Å². The Morgan fingerprint density at radius 3 is 2.79 bits per heavy atom. The number of methoxy groups -OCH3 is 1. The van der Waals surface area contributed by atoms with E-state index in [-0.39, 0.29) is 28.3 Å². The van der Waals surface area contributed by atoms with Crippen LogP contribution >= 0.6 is 0 Å². The Balaban J connectivity index is 2.00. The van der Waals surface area contributed by atoms with Gasteiger partial charge in [0.15, 0.2) is 0 Å². The lowest BCUT2D eigenvalue weighted by molar-refractivity contribution is 0.102. The molecular formula is C19H25N5O4. The van der Waals surface area contributed by atoms with Gasteiger partial charge in [-0.1, -0.05) is 13.8 Å². The van der Waals surface area contributed by atoms with Gasteiger partial charge in [-0.15, -0.1) is 0 Å². The number of amides is 1. The monoisotopic (exact) mass is 387 g/mol. The zero-order chi connectivity index (χ0) is 20.3. The summed E-state index contributed by atoms with van der Waals surface area (Å²) in [6.07, 6.45) is 4.83. The molecular weight excluding hydrogens is 362 g/mol. The Bertz CT molecular complexity index is 1030. The molecule has 0 bridgehead atoms. The van der Waals surface area contributed by atoms with Crippen LogP contribution in [0.2, 0.25) is 0 Å². The first-order valence-electron chi connectivity index (χ1n) is 9.34. The third-order valence-electron chi connectivity index (χ3n) is 4.82. The molecule has 1 amide bonds. The zero-order valence-electron chi connectivity index (χ0n) is 16.6. The summed E-state index contributed by atoms with van der Waals surface area (Å²) in [4.78, 5) is 30.0. The van der Waals surface area contributed by atoms with Crippen molar-refractivity contribution in [2.45, 2.75) is 46.2 Å². The Labute approximate surface area is 162 Å². The van der Waals surface area contributed by atoms with Gasteiger partial charge >= 0.3 is 0 Å². The number of nitrogens with one attached hydrogen (secondary N) is 1. The summed E-state index contributed by atoms with van der Waals surface area (Å²) in [5, 5.41) is 7.36. The number of carbonyl (C=O) groups is 1. The molecule has 0 fully saturated rings. The van der Waals surface area contributed by atoms with Gasteiger partial charge in [0.25, 0.3) is 11.5 Å². The lowest BCUT2D eigenvalue weighted by Gasteiger charge is -2.16. The van der Waals surface area contributed by atoms with E-state index in [0.29, 0.717) is 24.7 Å². The lowest BCUT2D eigenvalue weighted by atomic mass is 10.1. The van der Waals surface area contributed by atoms with E-state index >= 15 is 0 Å². The van der Waals surface area contributed by atoms with Crippen molar-refractivity contribution < 1.29 is 13.9 Å². The van der Waals surface area contributed by atoms with Crippen LogP contribution in [0.3, 0.4) is 0 Å². The summed E-state index contributed by atoms with van der Waals surface area (Å²) >= 11 is 0. The molecule has 3 aromatic rings.